The van der Waals surface area contributed by atoms with Crippen LogP contribution in [0.3, 0.4) is 0 Å². The Labute approximate surface area is 168 Å². The molecule has 152 valence electrons. The molecule has 1 fully saturated rings. The number of hydrogen-bond donors (Lipinski definition) is 1. The van der Waals surface area contributed by atoms with Crippen molar-refractivity contribution in [1.29, 1.82) is 0 Å². The predicted molar refractivity (Wildman–Crippen MR) is 111 cm³/mol. The van der Waals surface area contributed by atoms with Crippen molar-refractivity contribution in [2.75, 3.05) is 44.7 Å². The number of amides is 1. The fraction of sp³-hybridized carbons (Fsp3) is 0.500. The number of nitrogens with one attached hydrogen (secondary N) is 1. The summed E-state index contributed by atoms with van der Waals surface area (Å²) < 4.78 is 24.3. The second kappa shape index (κ2) is 8.54. The van der Waals surface area contributed by atoms with Crippen LogP contribution >= 0.6 is 12.2 Å². The summed E-state index contributed by atoms with van der Waals surface area (Å²) in [5.74, 6) is 0.0986. The van der Waals surface area contributed by atoms with Gasteiger partial charge in [0, 0.05) is 51.9 Å². The van der Waals surface area contributed by atoms with E-state index in [9.17, 15) is 18.0 Å². The number of carbonyl (C=O) groups is 1. The number of hydrogen-bond acceptors (Lipinski definition) is 6. The molecule has 0 bridgehead atoms. The smallest absolute Gasteiger partial charge is 0.262 e. The molecule has 0 saturated carbocycles. The van der Waals surface area contributed by atoms with E-state index in [4.69, 9.17) is 12.2 Å². The highest BCUT2D eigenvalue weighted by Crippen LogP contribution is 2.08. The first-order valence-corrected chi connectivity index (χ1v) is 11.6. The Morgan fingerprint density at radius 1 is 1.14 bits per heavy atom. The van der Waals surface area contributed by atoms with Crippen molar-refractivity contribution < 1.29 is 13.2 Å². The molecule has 0 aliphatic carbocycles. The number of H-pyrrole nitrogens is 1. The number of aromatic amines is 1. The molecule has 0 radical (unpaired) electrons. The molecule has 3 rings (SSSR count). The predicted octanol–water partition coefficient (Wildman–Crippen LogP) is 0.638. The zero-order chi connectivity index (χ0) is 20.3. The minimum absolute atomic E-state index is 0.0304. The largest absolute Gasteiger partial charge is 0.340 e. The first-order chi connectivity index (χ1) is 13.2. The van der Waals surface area contributed by atoms with Crippen molar-refractivity contribution in [2.24, 2.45) is 0 Å². The molecule has 0 spiro atoms. The van der Waals surface area contributed by atoms with Gasteiger partial charge in [0.05, 0.1) is 16.7 Å². The number of nitrogens with zero attached hydrogens (tertiary/aromatic N) is 3. The third kappa shape index (κ3) is 5.06. The highest BCUT2D eigenvalue weighted by Gasteiger charge is 2.21. The van der Waals surface area contributed by atoms with Crippen molar-refractivity contribution in [2.45, 2.75) is 13.0 Å². The van der Waals surface area contributed by atoms with Crippen LogP contribution in [0.5, 0.6) is 0 Å². The third-order valence-corrected chi connectivity index (χ3v) is 6.19. The molecular formula is C18H24N4O4S2. The van der Waals surface area contributed by atoms with E-state index in [0.29, 0.717) is 48.4 Å². The van der Waals surface area contributed by atoms with Gasteiger partial charge in [0.2, 0.25) is 5.91 Å². The highest BCUT2D eigenvalue weighted by atomic mass is 32.2. The highest BCUT2D eigenvalue weighted by molar-refractivity contribution is 7.90. The van der Waals surface area contributed by atoms with Gasteiger partial charge in [-0.2, -0.15) is 0 Å². The lowest BCUT2D eigenvalue weighted by Gasteiger charge is -2.34. The van der Waals surface area contributed by atoms with Crippen molar-refractivity contribution in [1.82, 2.24) is 19.4 Å². The van der Waals surface area contributed by atoms with Crippen LogP contribution in [0.4, 0.5) is 0 Å². The maximum atomic E-state index is 12.6. The van der Waals surface area contributed by atoms with Crippen LogP contribution < -0.4 is 5.56 Å². The number of aromatic nitrogens is 2. The Morgan fingerprint density at radius 2 is 1.82 bits per heavy atom. The van der Waals surface area contributed by atoms with Crippen LogP contribution in [0.2, 0.25) is 0 Å². The average Bonchev–Trinajstić information content (AvgIpc) is 2.66. The normalized spacial score (nSPS) is 15.8. The van der Waals surface area contributed by atoms with Gasteiger partial charge in [-0.15, -0.1) is 0 Å². The van der Waals surface area contributed by atoms with Gasteiger partial charge in [0.15, 0.2) is 4.77 Å². The summed E-state index contributed by atoms with van der Waals surface area (Å²) in [5, 5.41) is 0.544. The van der Waals surface area contributed by atoms with E-state index in [0.717, 1.165) is 0 Å². The number of rotatable bonds is 6. The van der Waals surface area contributed by atoms with Gasteiger partial charge in [-0.1, -0.05) is 12.1 Å². The summed E-state index contributed by atoms with van der Waals surface area (Å²) in [7, 11) is -2.98. The zero-order valence-electron chi connectivity index (χ0n) is 15.8. The topological polar surface area (TPSA) is 95.5 Å². The summed E-state index contributed by atoms with van der Waals surface area (Å²) in [6, 6.07) is 7.15. The fourth-order valence-electron chi connectivity index (χ4n) is 3.28. The van der Waals surface area contributed by atoms with Crippen LogP contribution in [0.25, 0.3) is 10.9 Å². The first-order valence-electron chi connectivity index (χ1n) is 9.14. The molecule has 0 atom stereocenters. The third-order valence-electron chi connectivity index (χ3n) is 4.94. The lowest BCUT2D eigenvalue weighted by atomic mass is 10.2. The van der Waals surface area contributed by atoms with Gasteiger partial charge in [0.25, 0.3) is 5.56 Å². The molecule has 1 aromatic carbocycles. The molecule has 1 amide bonds. The van der Waals surface area contributed by atoms with E-state index in [1.54, 1.807) is 23.1 Å². The van der Waals surface area contributed by atoms with Gasteiger partial charge < -0.3 is 9.88 Å². The molecule has 2 heterocycles. The minimum atomic E-state index is -2.98. The number of fused-ring (bicyclic) bond motifs is 1. The van der Waals surface area contributed by atoms with Crippen LogP contribution in [0, 0.1) is 4.77 Å². The molecule has 1 aliphatic heterocycles. The minimum Gasteiger partial charge on any atom is -0.340 e. The molecule has 0 unspecified atom stereocenters. The van der Waals surface area contributed by atoms with Gasteiger partial charge in [0.1, 0.15) is 9.84 Å². The Bertz CT molecular complexity index is 1080. The zero-order valence-corrected chi connectivity index (χ0v) is 17.4. The maximum Gasteiger partial charge on any atom is 0.262 e. The molecule has 1 N–H and O–H groups in total. The summed E-state index contributed by atoms with van der Waals surface area (Å²) >= 11 is 5.28. The number of sulfone groups is 1. The molecule has 1 saturated heterocycles. The average molecular weight is 425 g/mol. The van der Waals surface area contributed by atoms with Crippen LogP contribution in [-0.2, 0) is 21.2 Å². The number of piperazine rings is 1. The Kier molecular flexibility index (Phi) is 6.31. The van der Waals surface area contributed by atoms with Crippen molar-refractivity contribution >= 4 is 38.9 Å². The molecule has 8 nitrogen and oxygen atoms in total. The van der Waals surface area contributed by atoms with E-state index in [1.807, 2.05) is 6.07 Å². The fourth-order valence-corrected chi connectivity index (χ4v) is 4.16. The SMILES string of the molecule is CS(=O)(=O)CCN1CCN(C(=O)CCn2c(=S)[nH]c3ccccc3c2=O)CC1. The quantitative estimate of drug-likeness (QED) is 0.684. The van der Waals surface area contributed by atoms with Crippen LogP contribution in [-0.4, -0.2) is 78.4 Å². The second-order valence-corrected chi connectivity index (χ2v) is 9.68. The molecule has 1 aliphatic rings. The summed E-state index contributed by atoms with van der Waals surface area (Å²) in [6.07, 6.45) is 1.42. The van der Waals surface area contributed by atoms with Crippen molar-refractivity contribution in [3.63, 3.8) is 0 Å². The number of benzene rings is 1. The van der Waals surface area contributed by atoms with Crippen molar-refractivity contribution in [3.05, 3.63) is 39.4 Å². The lowest BCUT2D eigenvalue weighted by molar-refractivity contribution is -0.133. The number of para-hydroxylation sites is 1. The Balaban J connectivity index is 1.58. The summed E-state index contributed by atoms with van der Waals surface area (Å²) in [6.45, 7) is 3.13. The van der Waals surface area contributed by atoms with E-state index in [1.165, 1.54) is 10.8 Å². The monoisotopic (exact) mass is 424 g/mol. The van der Waals surface area contributed by atoms with Gasteiger partial charge in [-0.05, 0) is 24.4 Å². The summed E-state index contributed by atoms with van der Waals surface area (Å²) in [4.78, 5) is 32.0. The van der Waals surface area contributed by atoms with Gasteiger partial charge >= 0.3 is 0 Å². The van der Waals surface area contributed by atoms with E-state index in [2.05, 4.69) is 9.88 Å². The first kappa shape index (κ1) is 20.7. The number of carbonyl (C=O) groups excluding carboxylic acids is 1. The Hall–Kier alpha value is -2.04. The Morgan fingerprint density at radius 3 is 2.50 bits per heavy atom. The standard InChI is InChI=1S/C18H24N4O4S2/c1-28(25,26)13-12-20-8-10-21(11-9-20)16(23)6-7-22-17(24)14-4-2-3-5-15(14)19-18(22)27/h2-5H,6-13H2,1H3,(H,19,27). The molecule has 10 heteroatoms. The van der Waals surface area contributed by atoms with Crippen LogP contribution in [0.1, 0.15) is 6.42 Å². The van der Waals surface area contributed by atoms with Gasteiger partial charge in [-0.3, -0.25) is 19.1 Å². The molecule has 1 aromatic heterocycles. The molecular weight excluding hydrogens is 400 g/mol. The molecule has 28 heavy (non-hydrogen) atoms. The molecule has 2 aromatic rings. The van der Waals surface area contributed by atoms with Crippen molar-refractivity contribution in [3.8, 4) is 0 Å². The second-order valence-electron chi connectivity index (χ2n) is 7.03. The van der Waals surface area contributed by atoms with E-state index in [-0.39, 0.29) is 30.2 Å². The van der Waals surface area contributed by atoms with E-state index >= 15 is 0 Å². The lowest BCUT2D eigenvalue weighted by Crippen LogP contribution is -2.49. The maximum absolute atomic E-state index is 12.6. The van der Waals surface area contributed by atoms with Gasteiger partial charge in [-0.25, -0.2) is 8.42 Å². The van der Waals surface area contributed by atoms with Crippen LogP contribution in [0.15, 0.2) is 29.1 Å². The van der Waals surface area contributed by atoms with E-state index < -0.39 is 9.84 Å². The summed E-state index contributed by atoms with van der Waals surface area (Å²) in [5.41, 5.74) is 0.489.